The molecule has 0 radical (unpaired) electrons. The molecule has 0 spiro atoms. The van der Waals surface area contributed by atoms with Crippen molar-refractivity contribution >= 4 is 65.4 Å². The first-order valence-corrected chi connectivity index (χ1v) is 27.1. The largest absolute Gasteiger partial charge is 0.490 e. The molecule has 0 bridgehead atoms. The summed E-state index contributed by atoms with van der Waals surface area (Å²) in [5.74, 6) is -1.39. The number of nitrogens with zero attached hydrogens (tertiary/aromatic N) is 8. The fraction of sp³-hybridized carbons (Fsp3) is 0.576. The van der Waals surface area contributed by atoms with Crippen LogP contribution in [0.1, 0.15) is 18.7 Å². The summed E-state index contributed by atoms with van der Waals surface area (Å²) in [5.41, 5.74) is 9.28. The van der Waals surface area contributed by atoms with Gasteiger partial charge < -0.3 is 70.0 Å². The number of phosphoric acid groups is 4. The van der Waals surface area contributed by atoms with E-state index in [0.717, 1.165) is 36.6 Å². The fourth-order valence-corrected chi connectivity index (χ4v) is 12.8. The number of imidazole rings is 2. The number of hydrogen-bond donors (Lipinski definition) is 11. The summed E-state index contributed by atoms with van der Waals surface area (Å²) in [4.78, 5) is 99.4. The van der Waals surface area contributed by atoms with E-state index in [2.05, 4.69) is 33.5 Å². The van der Waals surface area contributed by atoms with Crippen LogP contribution in [0.3, 0.4) is 0 Å². The zero-order valence-corrected chi connectivity index (χ0v) is 41.7. The van der Waals surface area contributed by atoms with Gasteiger partial charge in [-0.3, -0.25) is 46.8 Å². The van der Waals surface area contributed by atoms with Gasteiger partial charge in [0.15, 0.2) is 23.9 Å². The van der Waals surface area contributed by atoms with E-state index >= 15 is 0 Å². The minimum absolute atomic E-state index is 0.00897. The van der Waals surface area contributed by atoms with Crippen molar-refractivity contribution in [2.24, 2.45) is 13.0 Å². The summed E-state index contributed by atoms with van der Waals surface area (Å²) in [6.07, 6.45) is -13.3. The Morgan fingerprint density at radius 1 is 0.716 bits per heavy atom. The van der Waals surface area contributed by atoms with Crippen LogP contribution in [0.25, 0.3) is 22.3 Å². The Bertz CT molecular complexity index is 3260. The predicted octanol–water partition coefficient (Wildman–Crippen LogP) is -3.97. The number of ether oxygens (including phenoxy) is 5. The molecule has 74 heavy (non-hydrogen) atoms. The average molecular weight is 1140 g/mol. The number of nitrogens with one attached hydrogen (secondary N) is 2. The van der Waals surface area contributed by atoms with Crippen LogP contribution in [-0.4, -0.2) is 168 Å². The number of fused-ring (bicyclic) bond motifs is 2. The number of aliphatic hydroxyl groups excluding tert-OH is 3. The molecular formula is C33H47N12O25P4+. The van der Waals surface area contributed by atoms with E-state index in [1.165, 1.54) is 34.2 Å². The number of nitrogens with two attached hydrogens (primary N) is 2. The van der Waals surface area contributed by atoms with E-state index < -0.39 is 141 Å². The molecule has 0 aliphatic carbocycles. The highest BCUT2D eigenvalue weighted by molar-refractivity contribution is 7.66. The molecule has 3 saturated heterocycles. The molecule has 0 aromatic carbocycles. The number of aromatic amines is 2. The lowest BCUT2D eigenvalue weighted by Gasteiger charge is -2.26. The molecule has 5 unspecified atom stereocenters. The molecule has 8 rings (SSSR count). The zero-order valence-electron chi connectivity index (χ0n) is 38.1. The van der Waals surface area contributed by atoms with Gasteiger partial charge in [0.25, 0.3) is 16.7 Å². The first kappa shape index (κ1) is 55.6. The normalized spacial score (nSPS) is 30.6. The van der Waals surface area contributed by atoms with Crippen LogP contribution in [0.5, 0.6) is 0 Å². The molecule has 37 nitrogen and oxygen atoms in total. The summed E-state index contributed by atoms with van der Waals surface area (Å²) in [7, 11) is -19.5. The lowest BCUT2D eigenvalue weighted by Crippen LogP contribution is -2.38. The molecule has 16 atom stereocenters. The Hall–Kier alpha value is -4.62. The zero-order chi connectivity index (χ0) is 53.8. The van der Waals surface area contributed by atoms with Crippen LogP contribution in [0.4, 0.5) is 11.8 Å². The number of rotatable bonds is 21. The standard InChI is InChI=1S/C33H46N12O25P4/c1-42-12-45(27-19(42)28(50)41-32(35)40-27)29-20(47)13(6-60-2)14(65-29)7-63-72(54,55)69-74(58,59)70-73(56,57)64-9-16-23(24(61-3)31(67-16)44-11-38-18-25(34)36-10-37-26(18)44)68-71(52,53)62-8-15-21(48)22(49)30(66-15)43-5-4-17(46)39-33(43)51/h4-5,10-16,20-24,29-31,47-49H,6-9H2,1-3H3,(H9-,34,35,36,37,39,40,41,46,50,51,52,53,54,55,56,57,58,59)/p+1/t13-,14-,15-,16-,20-,21-,22-,23-,24-,29?,30-,31-/m1/s1. The molecule has 3 fully saturated rings. The predicted molar refractivity (Wildman–Crippen MR) is 237 cm³/mol. The number of anilines is 2. The van der Waals surface area contributed by atoms with E-state index in [0.29, 0.717) is 0 Å². The smallest absolute Gasteiger partial charge is 0.387 e. The Morgan fingerprint density at radius 3 is 2.00 bits per heavy atom. The molecule has 5 aromatic rings. The SMILES string of the molecule is COC[C@@H]1[C@@H](COP(=O)(O)OP(=O)(O)OP(=O)(O)OC[C@H]2O[C@@H](n3cnc4c(N)ncnc43)[C@H](OC)[C@@H]2OP(=O)(O)OC[C@H]2O[C@@H](n3ccc(=O)[nH]c3=O)[C@H](O)[C@@H]2O)OC(n2c[n+](C)c3c(=O)[nH]c(N)nc32)[C@@H]1O. The third-order valence-electron chi connectivity index (χ3n) is 11.5. The number of aromatic nitrogens is 10. The number of nitrogen functional groups attached to an aromatic ring is 2. The Kier molecular flexibility index (Phi) is 16.1. The van der Waals surface area contributed by atoms with Crippen molar-refractivity contribution < 1.29 is 108 Å². The van der Waals surface area contributed by atoms with Crippen molar-refractivity contribution in [2.75, 3.05) is 52.1 Å². The number of methoxy groups -OCH3 is 2. The molecule has 5 aromatic heterocycles. The minimum atomic E-state index is -6.18. The van der Waals surface area contributed by atoms with Crippen LogP contribution in [0, 0.1) is 5.92 Å². The number of hydrogen-bond acceptors (Lipinski definition) is 27. The van der Waals surface area contributed by atoms with E-state index in [9.17, 15) is 67.5 Å². The van der Waals surface area contributed by atoms with Crippen LogP contribution in [0.15, 0.2) is 45.6 Å². The summed E-state index contributed by atoms with van der Waals surface area (Å²) >= 11 is 0. The summed E-state index contributed by atoms with van der Waals surface area (Å²) in [6, 6.07) is 0.925. The average Bonchev–Trinajstić information content (AvgIpc) is 4.10. The molecule has 8 heterocycles. The number of phosphoric ester groups is 3. The molecule has 408 valence electrons. The van der Waals surface area contributed by atoms with Crippen molar-refractivity contribution in [3.8, 4) is 0 Å². The third kappa shape index (κ3) is 11.7. The first-order chi connectivity index (χ1) is 34.7. The quantitative estimate of drug-likeness (QED) is 0.0247. The van der Waals surface area contributed by atoms with Crippen LogP contribution in [-0.2, 0) is 75.7 Å². The monoisotopic (exact) mass is 1140 g/mol. The highest BCUT2D eigenvalue weighted by Gasteiger charge is 2.54. The topological polar surface area (TPSA) is 516 Å². The van der Waals surface area contributed by atoms with Crippen molar-refractivity contribution in [3.05, 3.63) is 62.4 Å². The maximum absolute atomic E-state index is 13.6. The van der Waals surface area contributed by atoms with E-state index in [-0.39, 0.29) is 40.7 Å². The van der Waals surface area contributed by atoms with Crippen molar-refractivity contribution in [2.45, 2.75) is 67.5 Å². The van der Waals surface area contributed by atoms with Gasteiger partial charge in [-0.25, -0.2) is 42.6 Å². The number of H-pyrrole nitrogens is 2. The molecule has 0 amide bonds. The highest BCUT2D eigenvalue weighted by Crippen LogP contribution is 2.68. The van der Waals surface area contributed by atoms with Crippen molar-refractivity contribution in [1.82, 2.24) is 43.6 Å². The van der Waals surface area contributed by atoms with Crippen molar-refractivity contribution in [3.63, 3.8) is 0 Å². The fourth-order valence-electron chi connectivity index (χ4n) is 8.27. The van der Waals surface area contributed by atoms with Gasteiger partial charge in [-0.05, 0) is 0 Å². The van der Waals surface area contributed by atoms with Crippen LogP contribution in [0.2, 0.25) is 0 Å². The van der Waals surface area contributed by atoms with E-state index in [4.69, 9.17) is 53.2 Å². The first-order valence-electron chi connectivity index (χ1n) is 21.1. The van der Waals surface area contributed by atoms with Crippen LogP contribution < -0.4 is 32.8 Å². The second-order valence-electron chi connectivity index (χ2n) is 16.3. The van der Waals surface area contributed by atoms with Crippen molar-refractivity contribution in [1.29, 1.82) is 0 Å². The molecule has 41 heteroatoms. The lowest BCUT2D eigenvalue weighted by atomic mass is 9.99. The second kappa shape index (κ2) is 21.4. The number of aliphatic hydroxyl groups is 3. The van der Waals surface area contributed by atoms with Gasteiger partial charge in [0.1, 0.15) is 54.6 Å². The van der Waals surface area contributed by atoms with Gasteiger partial charge in [-0.1, -0.05) is 0 Å². The molecule has 13 N–H and O–H groups in total. The van der Waals surface area contributed by atoms with Gasteiger partial charge in [0.05, 0.1) is 45.9 Å². The Labute approximate surface area is 411 Å². The minimum Gasteiger partial charge on any atom is -0.387 e. The Morgan fingerprint density at radius 2 is 1.34 bits per heavy atom. The van der Waals surface area contributed by atoms with E-state index in [1.807, 2.05) is 4.98 Å². The van der Waals surface area contributed by atoms with Gasteiger partial charge in [0, 0.05) is 32.4 Å². The van der Waals surface area contributed by atoms with Gasteiger partial charge in [-0.15, -0.1) is 0 Å². The van der Waals surface area contributed by atoms with E-state index in [1.54, 1.807) is 0 Å². The Balaban J connectivity index is 0.939. The maximum Gasteiger partial charge on any atom is 0.490 e. The summed E-state index contributed by atoms with van der Waals surface area (Å²) < 4.78 is 114. The molecular weight excluding hydrogens is 1090 g/mol. The number of aryl methyl sites for hydroxylation is 1. The second-order valence-corrected chi connectivity index (χ2v) is 22.4. The lowest BCUT2D eigenvalue weighted by molar-refractivity contribution is -0.646. The maximum atomic E-state index is 13.6. The van der Waals surface area contributed by atoms with Gasteiger partial charge in [0.2, 0.25) is 18.5 Å². The molecule has 3 aliphatic rings. The van der Waals surface area contributed by atoms with Gasteiger partial charge >= 0.3 is 42.5 Å². The van der Waals surface area contributed by atoms with Gasteiger partial charge in [-0.2, -0.15) is 18.2 Å². The highest BCUT2D eigenvalue weighted by atomic mass is 31.3. The third-order valence-corrected chi connectivity index (χ3v) is 16.7. The molecule has 0 saturated carbocycles. The summed E-state index contributed by atoms with van der Waals surface area (Å²) in [5, 5.41) is 32.5. The molecule has 3 aliphatic heterocycles. The summed E-state index contributed by atoms with van der Waals surface area (Å²) in [6.45, 7) is -3.48. The van der Waals surface area contributed by atoms with Crippen LogP contribution >= 0.6 is 31.3 Å².